The van der Waals surface area contributed by atoms with Crippen molar-refractivity contribution in [3.05, 3.63) is 54.7 Å². The van der Waals surface area contributed by atoms with Gasteiger partial charge < -0.3 is 10.2 Å². The molecule has 3 atom stereocenters. The summed E-state index contributed by atoms with van der Waals surface area (Å²) in [6.45, 7) is 4.05. The summed E-state index contributed by atoms with van der Waals surface area (Å²) in [7, 11) is 1.89. The van der Waals surface area contributed by atoms with Crippen molar-refractivity contribution in [3.63, 3.8) is 0 Å². The summed E-state index contributed by atoms with van der Waals surface area (Å²) in [5.74, 6) is 2.09. The number of carbonyl (C=O) groups excluding carboxylic acids is 1. The molecular formula is C26H26N8O. The molecule has 0 radical (unpaired) electrons. The third kappa shape index (κ3) is 3.62. The molecule has 176 valence electrons. The average molecular weight is 467 g/mol. The highest BCUT2D eigenvalue weighted by Crippen LogP contribution is 2.44. The Bertz CT molecular complexity index is 1450. The first kappa shape index (κ1) is 21.4. The molecule has 2 aliphatic rings. The zero-order valence-corrected chi connectivity index (χ0v) is 19.7. The van der Waals surface area contributed by atoms with E-state index in [2.05, 4.69) is 51.6 Å². The number of fused-ring (bicyclic) bond motifs is 2. The van der Waals surface area contributed by atoms with Gasteiger partial charge in [0.1, 0.15) is 11.9 Å². The van der Waals surface area contributed by atoms with Gasteiger partial charge in [0.15, 0.2) is 0 Å². The second-order valence-corrected chi connectivity index (χ2v) is 10.1. The number of rotatable bonds is 5. The number of anilines is 1. The summed E-state index contributed by atoms with van der Waals surface area (Å²) in [5, 5.41) is 21.4. The van der Waals surface area contributed by atoms with E-state index >= 15 is 0 Å². The van der Waals surface area contributed by atoms with Crippen LogP contribution in [0.15, 0.2) is 49.2 Å². The number of carbonyl (C=O) groups is 1. The van der Waals surface area contributed by atoms with Crippen molar-refractivity contribution in [2.24, 2.45) is 18.9 Å². The number of hydrogen-bond donors (Lipinski definition) is 1. The fourth-order valence-electron chi connectivity index (χ4n) is 5.97. The third-order valence-corrected chi connectivity index (χ3v) is 7.56. The summed E-state index contributed by atoms with van der Waals surface area (Å²) in [4.78, 5) is 18.1. The Labute approximate surface area is 203 Å². The first-order valence-corrected chi connectivity index (χ1v) is 11.8. The maximum absolute atomic E-state index is 11.0. The van der Waals surface area contributed by atoms with Crippen molar-refractivity contribution in [1.29, 1.82) is 5.26 Å². The highest BCUT2D eigenvalue weighted by Gasteiger charge is 2.46. The lowest BCUT2D eigenvalue weighted by Crippen LogP contribution is -2.40. The van der Waals surface area contributed by atoms with E-state index in [1.54, 1.807) is 15.4 Å². The maximum Gasteiger partial charge on any atom is 0.207 e. The molecule has 1 unspecified atom stereocenters. The zero-order chi connectivity index (χ0) is 24.2. The van der Waals surface area contributed by atoms with Gasteiger partial charge in [0, 0.05) is 66.5 Å². The standard InChI is InChI=1S/C26H26N8O/c1-26(29-16-35)6-19-13-33(14-20(19)7-26)24-4-3-17(9-28-24)23-5-18(22-11-30-32(2)12-22)15-34-25(23)21(8-27)10-31-34/h3-5,9-12,15-16,19-20H,6-7,13-14H2,1-2H3,(H,29,35)/t19-,20+,26?. The van der Waals surface area contributed by atoms with Gasteiger partial charge >= 0.3 is 0 Å². The van der Waals surface area contributed by atoms with Gasteiger partial charge in [-0.3, -0.25) is 9.48 Å². The predicted octanol–water partition coefficient (Wildman–Crippen LogP) is 3.02. The van der Waals surface area contributed by atoms with Crippen molar-refractivity contribution >= 4 is 17.7 Å². The zero-order valence-electron chi connectivity index (χ0n) is 19.7. The number of hydrogen-bond acceptors (Lipinski definition) is 6. The Morgan fingerprint density at radius 2 is 1.89 bits per heavy atom. The number of pyridine rings is 2. The Balaban J connectivity index is 1.31. The molecule has 1 saturated heterocycles. The summed E-state index contributed by atoms with van der Waals surface area (Å²) >= 11 is 0. The summed E-state index contributed by atoms with van der Waals surface area (Å²) < 4.78 is 3.53. The van der Waals surface area contributed by atoms with E-state index < -0.39 is 0 Å². The molecule has 1 N–H and O–H groups in total. The number of amides is 1. The van der Waals surface area contributed by atoms with Gasteiger partial charge in [-0.15, -0.1) is 0 Å². The Hall–Kier alpha value is -4.19. The fraction of sp³-hybridized carbons (Fsp3) is 0.346. The highest BCUT2D eigenvalue weighted by molar-refractivity contribution is 5.87. The van der Waals surface area contributed by atoms with Crippen molar-refractivity contribution in [3.8, 4) is 28.3 Å². The molecule has 0 bridgehead atoms. The average Bonchev–Trinajstić information content (AvgIpc) is 3.61. The lowest BCUT2D eigenvalue weighted by Gasteiger charge is -2.27. The van der Waals surface area contributed by atoms with Gasteiger partial charge in [0.05, 0.1) is 23.5 Å². The van der Waals surface area contributed by atoms with E-state index in [9.17, 15) is 10.1 Å². The van der Waals surface area contributed by atoms with Crippen LogP contribution in [0.4, 0.5) is 5.82 Å². The van der Waals surface area contributed by atoms with Crippen molar-refractivity contribution in [2.45, 2.75) is 25.3 Å². The molecule has 9 heteroatoms. The summed E-state index contributed by atoms with van der Waals surface area (Å²) in [6, 6.07) is 8.48. The first-order valence-electron chi connectivity index (χ1n) is 11.8. The van der Waals surface area contributed by atoms with Crippen LogP contribution in [0.1, 0.15) is 25.3 Å². The minimum atomic E-state index is -0.0885. The molecular weight excluding hydrogens is 440 g/mol. The molecule has 1 saturated carbocycles. The van der Waals surface area contributed by atoms with Crippen LogP contribution in [0.25, 0.3) is 27.8 Å². The van der Waals surface area contributed by atoms with Crippen LogP contribution in [0.2, 0.25) is 0 Å². The second kappa shape index (κ2) is 7.94. The normalized spacial score (nSPS) is 23.4. The lowest BCUT2D eigenvalue weighted by molar-refractivity contribution is -0.111. The van der Waals surface area contributed by atoms with E-state index in [0.717, 1.165) is 65.9 Å². The number of aromatic nitrogens is 5. The summed E-state index contributed by atoms with van der Waals surface area (Å²) in [5.41, 5.74) is 5.01. The number of nitriles is 1. The molecule has 4 aromatic heterocycles. The van der Waals surface area contributed by atoms with E-state index in [-0.39, 0.29) is 5.54 Å². The monoisotopic (exact) mass is 466 g/mol. The highest BCUT2D eigenvalue weighted by atomic mass is 16.1. The lowest BCUT2D eigenvalue weighted by atomic mass is 9.98. The van der Waals surface area contributed by atoms with Crippen molar-refractivity contribution < 1.29 is 4.79 Å². The molecule has 35 heavy (non-hydrogen) atoms. The van der Waals surface area contributed by atoms with Gasteiger partial charge in [-0.25, -0.2) is 9.50 Å². The van der Waals surface area contributed by atoms with Gasteiger partial charge in [0.2, 0.25) is 6.41 Å². The molecule has 5 heterocycles. The molecule has 4 aromatic rings. The fourth-order valence-corrected chi connectivity index (χ4v) is 5.97. The minimum absolute atomic E-state index is 0.0885. The maximum atomic E-state index is 11.0. The van der Waals surface area contributed by atoms with Crippen LogP contribution >= 0.6 is 0 Å². The smallest absolute Gasteiger partial charge is 0.207 e. The van der Waals surface area contributed by atoms with Crippen molar-refractivity contribution in [1.82, 2.24) is 29.7 Å². The number of nitrogens with zero attached hydrogens (tertiary/aromatic N) is 7. The van der Waals surface area contributed by atoms with Gasteiger partial charge in [0.25, 0.3) is 0 Å². The minimum Gasteiger partial charge on any atom is -0.356 e. The Morgan fingerprint density at radius 3 is 2.51 bits per heavy atom. The van der Waals surface area contributed by atoms with Crippen LogP contribution in [0, 0.1) is 23.2 Å². The molecule has 2 fully saturated rings. The van der Waals surface area contributed by atoms with Crippen LogP contribution in [-0.4, -0.2) is 49.4 Å². The molecule has 1 aliphatic heterocycles. The quantitative estimate of drug-likeness (QED) is 0.454. The molecule has 0 spiro atoms. The molecule has 1 amide bonds. The number of aryl methyl sites for hydroxylation is 1. The van der Waals surface area contributed by atoms with Crippen LogP contribution < -0.4 is 10.2 Å². The Morgan fingerprint density at radius 1 is 1.09 bits per heavy atom. The van der Waals surface area contributed by atoms with Gasteiger partial charge in [-0.2, -0.15) is 15.5 Å². The van der Waals surface area contributed by atoms with Gasteiger partial charge in [-0.1, -0.05) is 0 Å². The number of nitrogens with one attached hydrogen (secondary N) is 1. The molecule has 6 rings (SSSR count). The van der Waals surface area contributed by atoms with Gasteiger partial charge in [-0.05, 0) is 49.8 Å². The van der Waals surface area contributed by atoms with Crippen LogP contribution in [0.5, 0.6) is 0 Å². The van der Waals surface area contributed by atoms with Crippen LogP contribution in [-0.2, 0) is 11.8 Å². The molecule has 1 aliphatic carbocycles. The van der Waals surface area contributed by atoms with Crippen LogP contribution in [0.3, 0.4) is 0 Å². The van der Waals surface area contributed by atoms with Crippen molar-refractivity contribution in [2.75, 3.05) is 18.0 Å². The Kier molecular flexibility index (Phi) is 4.85. The van der Waals surface area contributed by atoms with E-state index in [1.807, 2.05) is 31.8 Å². The summed E-state index contributed by atoms with van der Waals surface area (Å²) in [6.07, 6.45) is 12.0. The topological polar surface area (TPSA) is 104 Å². The first-order chi connectivity index (χ1) is 17.0. The van der Waals surface area contributed by atoms with E-state index in [4.69, 9.17) is 4.98 Å². The third-order valence-electron chi connectivity index (χ3n) is 7.56. The van der Waals surface area contributed by atoms with E-state index in [1.165, 1.54) is 0 Å². The predicted molar refractivity (Wildman–Crippen MR) is 131 cm³/mol. The molecule has 0 aromatic carbocycles. The van der Waals surface area contributed by atoms with E-state index in [0.29, 0.717) is 17.4 Å². The SMILES string of the molecule is Cn1cc(-c2cc(-c3ccc(N4C[C@@H]5CC(C)(NC=O)C[C@@H]5C4)nc3)c3c(C#N)cnn3c2)cn1. The largest absolute Gasteiger partial charge is 0.356 e. The molecule has 9 nitrogen and oxygen atoms in total. The second-order valence-electron chi connectivity index (χ2n) is 10.1.